The van der Waals surface area contributed by atoms with Gasteiger partial charge in [-0.05, 0) is 41.5 Å². The van der Waals surface area contributed by atoms with Crippen molar-refractivity contribution in [2.24, 2.45) is 11.8 Å². The first-order valence-electron chi connectivity index (χ1n) is 6.55. The quantitative estimate of drug-likeness (QED) is 0.783. The third-order valence-electron chi connectivity index (χ3n) is 4.28. The van der Waals surface area contributed by atoms with Gasteiger partial charge in [0, 0.05) is 6.04 Å². The summed E-state index contributed by atoms with van der Waals surface area (Å²) in [4.78, 5) is 11.9. The zero-order valence-electron chi connectivity index (χ0n) is 10.2. The van der Waals surface area contributed by atoms with Gasteiger partial charge in [-0.2, -0.15) is 0 Å². The molecule has 1 amide bonds. The SMILES string of the molecule is Nc1nnnn1CC(=O)N[C@@H]1CC[C@H]2CCC[C@H]21. The van der Waals surface area contributed by atoms with Gasteiger partial charge in [-0.1, -0.05) is 17.9 Å². The maximum Gasteiger partial charge on any atom is 0.242 e. The van der Waals surface area contributed by atoms with Gasteiger partial charge in [0.2, 0.25) is 11.9 Å². The number of nitrogens with zero attached hydrogens (tertiary/aromatic N) is 4. The van der Waals surface area contributed by atoms with Gasteiger partial charge >= 0.3 is 0 Å². The Labute approximate surface area is 105 Å². The number of fused-ring (bicyclic) bond motifs is 1. The van der Waals surface area contributed by atoms with Crippen molar-refractivity contribution < 1.29 is 4.79 Å². The van der Waals surface area contributed by atoms with Crippen LogP contribution in [0.4, 0.5) is 5.95 Å². The lowest BCUT2D eigenvalue weighted by Gasteiger charge is -2.19. The number of anilines is 1. The van der Waals surface area contributed by atoms with Crippen LogP contribution in [0.3, 0.4) is 0 Å². The first kappa shape index (κ1) is 11.4. The van der Waals surface area contributed by atoms with Crippen molar-refractivity contribution in [3.63, 3.8) is 0 Å². The van der Waals surface area contributed by atoms with Gasteiger partial charge in [0.05, 0.1) is 0 Å². The van der Waals surface area contributed by atoms with Crippen LogP contribution in [-0.4, -0.2) is 32.2 Å². The molecule has 1 aromatic rings. The fourth-order valence-electron chi connectivity index (χ4n) is 3.45. The van der Waals surface area contributed by atoms with Crippen molar-refractivity contribution >= 4 is 11.9 Å². The largest absolute Gasteiger partial charge is 0.367 e. The Morgan fingerprint density at radius 2 is 2.28 bits per heavy atom. The summed E-state index contributed by atoms with van der Waals surface area (Å²) < 4.78 is 1.32. The summed E-state index contributed by atoms with van der Waals surface area (Å²) in [5.41, 5.74) is 5.53. The van der Waals surface area contributed by atoms with E-state index in [1.807, 2.05) is 0 Å². The van der Waals surface area contributed by atoms with Gasteiger partial charge in [0.25, 0.3) is 0 Å². The Morgan fingerprint density at radius 3 is 3.06 bits per heavy atom. The maximum absolute atomic E-state index is 11.9. The second kappa shape index (κ2) is 4.55. The molecule has 0 spiro atoms. The van der Waals surface area contributed by atoms with Gasteiger partial charge in [-0.15, -0.1) is 0 Å². The summed E-state index contributed by atoms with van der Waals surface area (Å²) in [5, 5.41) is 13.7. The molecular formula is C11H18N6O. The molecule has 0 radical (unpaired) electrons. The number of nitrogens with two attached hydrogens (primary N) is 1. The van der Waals surface area contributed by atoms with Crippen molar-refractivity contribution in [1.82, 2.24) is 25.5 Å². The number of nitrogens with one attached hydrogen (secondary N) is 1. The molecule has 0 saturated heterocycles. The Morgan fingerprint density at radius 1 is 1.39 bits per heavy atom. The second-order valence-electron chi connectivity index (χ2n) is 5.30. The van der Waals surface area contributed by atoms with Crippen LogP contribution in [0, 0.1) is 11.8 Å². The lowest BCUT2D eigenvalue weighted by Crippen LogP contribution is -2.39. The van der Waals surface area contributed by atoms with E-state index >= 15 is 0 Å². The van der Waals surface area contributed by atoms with Crippen LogP contribution < -0.4 is 11.1 Å². The third kappa shape index (κ3) is 2.04. The van der Waals surface area contributed by atoms with Crippen LogP contribution in [0.1, 0.15) is 32.1 Å². The number of tetrazole rings is 1. The lowest BCUT2D eigenvalue weighted by molar-refractivity contribution is -0.122. The molecule has 1 heterocycles. The maximum atomic E-state index is 11.9. The minimum Gasteiger partial charge on any atom is -0.367 e. The minimum absolute atomic E-state index is 0.0495. The molecule has 2 fully saturated rings. The van der Waals surface area contributed by atoms with E-state index in [1.165, 1.54) is 30.4 Å². The Hall–Kier alpha value is -1.66. The van der Waals surface area contributed by atoms with Crippen molar-refractivity contribution in [3.8, 4) is 0 Å². The van der Waals surface area contributed by atoms with Gasteiger partial charge in [0.15, 0.2) is 0 Å². The predicted molar refractivity (Wildman–Crippen MR) is 64.2 cm³/mol. The number of rotatable bonds is 3. The number of carbonyl (C=O) groups excluding carboxylic acids is 1. The van der Waals surface area contributed by atoms with E-state index in [0.717, 1.165) is 12.3 Å². The second-order valence-corrected chi connectivity index (χ2v) is 5.30. The van der Waals surface area contributed by atoms with Gasteiger partial charge < -0.3 is 11.1 Å². The molecule has 2 saturated carbocycles. The summed E-state index contributed by atoms with van der Waals surface area (Å²) in [6.45, 7) is 0.104. The number of amides is 1. The molecule has 7 heteroatoms. The molecule has 3 rings (SSSR count). The summed E-state index contributed by atoms with van der Waals surface area (Å²) in [5.74, 6) is 1.63. The van der Waals surface area contributed by atoms with Crippen molar-refractivity contribution in [2.45, 2.75) is 44.7 Å². The molecule has 0 bridgehead atoms. The first-order valence-corrected chi connectivity index (χ1v) is 6.55. The van der Waals surface area contributed by atoms with Crippen molar-refractivity contribution in [2.75, 3.05) is 5.73 Å². The standard InChI is InChI=1S/C11H18N6O/c12-11-14-15-16-17(11)6-10(18)13-9-5-4-7-2-1-3-8(7)9/h7-9H,1-6H2,(H,13,18)(H2,12,14,16)/t7-,8-,9-/m1/s1. The fourth-order valence-corrected chi connectivity index (χ4v) is 3.45. The molecule has 98 valence electrons. The highest BCUT2D eigenvalue weighted by Crippen LogP contribution is 2.43. The Bertz CT molecular complexity index is 444. The van der Waals surface area contributed by atoms with Crippen LogP contribution in [0.2, 0.25) is 0 Å². The highest BCUT2D eigenvalue weighted by Gasteiger charge is 2.39. The molecule has 3 N–H and O–H groups in total. The summed E-state index contributed by atoms with van der Waals surface area (Å²) >= 11 is 0. The van der Waals surface area contributed by atoms with E-state index in [9.17, 15) is 4.79 Å². The molecule has 0 aromatic carbocycles. The van der Waals surface area contributed by atoms with Crippen LogP contribution in [0.15, 0.2) is 0 Å². The van der Waals surface area contributed by atoms with Gasteiger partial charge in [-0.25, -0.2) is 4.68 Å². The highest BCUT2D eigenvalue weighted by molar-refractivity contribution is 5.76. The van der Waals surface area contributed by atoms with E-state index in [4.69, 9.17) is 5.73 Å². The van der Waals surface area contributed by atoms with Gasteiger partial charge in [-0.3, -0.25) is 4.79 Å². The normalized spacial score (nSPS) is 30.3. The number of nitrogen functional groups attached to an aromatic ring is 1. The third-order valence-corrected chi connectivity index (χ3v) is 4.28. The lowest BCUT2D eigenvalue weighted by atomic mass is 9.98. The average molecular weight is 250 g/mol. The van der Waals surface area contributed by atoms with Crippen molar-refractivity contribution in [1.29, 1.82) is 0 Å². The molecule has 2 aliphatic carbocycles. The van der Waals surface area contributed by atoms with Gasteiger partial charge in [0.1, 0.15) is 6.54 Å². The zero-order chi connectivity index (χ0) is 12.5. The van der Waals surface area contributed by atoms with Crippen LogP contribution >= 0.6 is 0 Å². The first-order chi connectivity index (χ1) is 8.74. The van der Waals surface area contributed by atoms with E-state index < -0.39 is 0 Å². The topological polar surface area (TPSA) is 98.7 Å². The zero-order valence-corrected chi connectivity index (χ0v) is 10.2. The highest BCUT2D eigenvalue weighted by atomic mass is 16.2. The fraction of sp³-hybridized carbons (Fsp3) is 0.818. The van der Waals surface area contributed by atoms with Crippen molar-refractivity contribution in [3.05, 3.63) is 0 Å². The molecule has 0 aliphatic heterocycles. The van der Waals surface area contributed by atoms with E-state index in [1.54, 1.807) is 0 Å². The molecule has 18 heavy (non-hydrogen) atoms. The van der Waals surface area contributed by atoms with Crippen LogP contribution in [0.25, 0.3) is 0 Å². The van der Waals surface area contributed by atoms with Crippen LogP contribution in [0.5, 0.6) is 0 Å². The molecular weight excluding hydrogens is 232 g/mol. The molecule has 1 aromatic heterocycles. The van der Waals surface area contributed by atoms with E-state index in [-0.39, 0.29) is 18.4 Å². The monoisotopic (exact) mass is 250 g/mol. The summed E-state index contributed by atoms with van der Waals surface area (Å²) in [6, 6.07) is 0.336. The predicted octanol–water partition coefficient (Wildman–Crippen LogP) is -0.0498. The number of hydrogen-bond acceptors (Lipinski definition) is 5. The average Bonchev–Trinajstić information content (AvgIpc) is 3.00. The molecule has 0 unspecified atom stereocenters. The molecule has 7 nitrogen and oxygen atoms in total. The summed E-state index contributed by atoms with van der Waals surface area (Å²) in [6.07, 6.45) is 6.25. The summed E-state index contributed by atoms with van der Waals surface area (Å²) in [7, 11) is 0. The van der Waals surface area contributed by atoms with Crippen LogP contribution in [-0.2, 0) is 11.3 Å². The number of carbonyl (C=O) groups is 1. The minimum atomic E-state index is -0.0495. The van der Waals surface area contributed by atoms with E-state index in [2.05, 4.69) is 20.8 Å². The molecule has 3 atom stereocenters. The molecule has 2 aliphatic rings. The Balaban J connectivity index is 1.57. The number of aromatic nitrogens is 4. The number of hydrogen-bond donors (Lipinski definition) is 2. The Kier molecular flexibility index (Phi) is 2.89. The van der Waals surface area contributed by atoms with E-state index in [0.29, 0.717) is 12.0 Å². The smallest absolute Gasteiger partial charge is 0.242 e.